The third-order valence-electron chi connectivity index (χ3n) is 6.38. The maximum atomic E-state index is 12.8. The van der Waals surface area contributed by atoms with Crippen LogP contribution in [0, 0.1) is 6.92 Å². The van der Waals surface area contributed by atoms with E-state index in [2.05, 4.69) is 9.80 Å². The second-order valence-corrected chi connectivity index (χ2v) is 9.15. The van der Waals surface area contributed by atoms with Crippen molar-refractivity contribution in [2.24, 2.45) is 0 Å². The van der Waals surface area contributed by atoms with Gasteiger partial charge >= 0.3 is 0 Å². The smallest absolute Gasteiger partial charge is 0.256 e. The molecule has 0 atom stereocenters. The molecular weight excluding hydrogens is 419 g/mol. The van der Waals surface area contributed by atoms with Crippen molar-refractivity contribution in [2.45, 2.75) is 52.0 Å². The first-order valence-electron chi connectivity index (χ1n) is 11.0. The van der Waals surface area contributed by atoms with Crippen molar-refractivity contribution in [3.8, 4) is 0 Å². The van der Waals surface area contributed by atoms with Crippen LogP contribution in [0.3, 0.4) is 0 Å². The molecule has 5 nitrogen and oxygen atoms in total. The molecule has 0 amide bonds. The van der Waals surface area contributed by atoms with Gasteiger partial charge in [0.25, 0.3) is 5.56 Å². The number of aromatic nitrogens is 2. The second-order valence-electron chi connectivity index (χ2n) is 8.36. The van der Waals surface area contributed by atoms with E-state index >= 15 is 0 Å². The number of aryl methyl sites for hydroxylation is 2. The Bertz CT molecular complexity index is 951. The van der Waals surface area contributed by atoms with Gasteiger partial charge in [0.1, 0.15) is 5.82 Å². The van der Waals surface area contributed by atoms with E-state index in [0.717, 1.165) is 101 Å². The normalized spacial score (nSPS) is 17.2. The van der Waals surface area contributed by atoms with Gasteiger partial charge in [-0.15, -0.1) is 0 Å². The molecule has 7 heteroatoms. The summed E-state index contributed by atoms with van der Waals surface area (Å²) in [6, 6.07) is 5.82. The van der Waals surface area contributed by atoms with E-state index in [1.807, 2.05) is 29.7 Å². The molecule has 0 N–H and O–H groups in total. The van der Waals surface area contributed by atoms with E-state index in [9.17, 15) is 4.79 Å². The summed E-state index contributed by atoms with van der Waals surface area (Å²) < 4.78 is 1.91. The number of nitrogens with zero attached hydrogens (tertiary/aromatic N) is 4. The van der Waals surface area contributed by atoms with Crippen molar-refractivity contribution in [2.75, 3.05) is 37.6 Å². The highest BCUT2D eigenvalue weighted by atomic mass is 35.5. The standard InChI is InChI=1S/C23H30Cl2N4O/c1-17-18(23(30)29-12-5-3-10-21(29)26-17)7-2-4-11-27-13-15-28(16-14-27)20-9-6-8-19(24)22(20)25/h6,8-9H,2-5,7,10-16H2,1H3. The van der Waals surface area contributed by atoms with Crippen LogP contribution >= 0.6 is 23.2 Å². The van der Waals surface area contributed by atoms with Crippen LogP contribution in [0.25, 0.3) is 0 Å². The minimum Gasteiger partial charge on any atom is -0.368 e. The van der Waals surface area contributed by atoms with Gasteiger partial charge in [-0.2, -0.15) is 0 Å². The third kappa shape index (κ3) is 4.68. The van der Waals surface area contributed by atoms with E-state index in [-0.39, 0.29) is 5.56 Å². The lowest BCUT2D eigenvalue weighted by Crippen LogP contribution is -2.46. The van der Waals surface area contributed by atoms with E-state index in [1.165, 1.54) is 0 Å². The number of unbranched alkanes of at least 4 members (excludes halogenated alkanes) is 1. The van der Waals surface area contributed by atoms with Gasteiger partial charge in [0, 0.05) is 50.4 Å². The van der Waals surface area contributed by atoms with Crippen molar-refractivity contribution < 1.29 is 0 Å². The number of hydrogen-bond donors (Lipinski definition) is 0. The third-order valence-corrected chi connectivity index (χ3v) is 7.18. The van der Waals surface area contributed by atoms with Crippen LogP contribution in [0.2, 0.25) is 10.0 Å². The van der Waals surface area contributed by atoms with Crippen LogP contribution in [0.15, 0.2) is 23.0 Å². The fraction of sp³-hybridized carbons (Fsp3) is 0.565. The van der Waals surface area contributed by atoms with Gasteiger partial charge in [0.15, 0.2) is 0 Å². The van der Waals surface area contributed by atoms with Crippen LogP contribution in [-0.4, -0.2) is 47.2 Å². The largest absolute Gasteiger partial charge is 0.368 e. The number of rotatable bonds is 6. The molecule has 0 aliphatic carbocycles. The predicted octanol–water partition coefficient (Wildman–Crippen LogP) is 4.34. The van der Waals surface area contributed by atoms with Crippen LogP contribution < -0.4 is 10.5 Å². The molecule has 0 saturated carbocycles. The molecular formula is C23H30Cl2N4O. The SMILES string of the molecule is Cc1nc2n(c(=O)c1CCCCN1CCN(c3cccc(Cl)c3Cl)CC1)CCCC2. The fourth-order valence-corrected chi connectivity index (χ4v) is 5.02. The molecule has 0 spiro atoms. The average Bonchev–Trinajstić information content (AvgIpc) is 2.75. The lowest BCUT2D eigenvalue weighted by Gasteiger charge is -2.36. The Labute approximate surface area is 188 Å². The predicted molar refractivity (Wildman–Crippen MR) is 124 cm³/mol. The molecule has 0 unspecified atom stereocenters. The molecule has 30 heavy (non-hydrogen) atoms. The highest BCUT2D eigenvalue weighted by Crippen LogP contribution is 2.32. The Hall–Kier alpha value is -1.56. The van der Waals surface area contributed by atoms with Crippen molar-refractivity contribution in [1.82, 2.24) is 14.5 Å². The van der Waals surface area contributed by atoms with Gasteiger partial charge in [-0.25, -0.2) is 4.98 Å². The monoisotopic (exact) mass is 448 g/mol. The van der Waals surface area contributed by atoms with Crippen LogP contribution in [0.5, 0.6) is 0 Å². The Morgan fingerprint density at radius 1 is 1.03 bits per heavy atom. The maximum absolute atomic E-state index is 12.8. The van der Waals surface area contributed by atoms with Gasteiger partial charge in [-0.05, 0) is 57.7 Å². The summed E-state index contributed by atoms with van der Waals surface area (Å²) in [5.41, 5.74) is 3.07. The average molecular weight is 449 g/mol. The molecule has 162 valence electrons. The van der Waals surface area contributed by atoms with Crippen molar-refractivity contribution in [1.29, 1.82) is 0 Å². The van der Waals surface area contributed by atoms with Crippen LogP contribution in [0.1, 0.15) is 42.8 Å². The van der Waals surface area contributed by atoms with Gasteiger partial charge in [0.05, 0.1) is 15.7 Å². The summed E-state index contributed by atoms with van der Waals surface area (Å²) in [6.45, 7) is 7.83. The Kier molecular flexibility index (Phi) is 7.01. The molecule has 1 fully saturated rings. The first-order chi connectivity index (χ1) is 14.5. The quantitative estimate of drug-likeness (QED) is 0.616. The minimum absolute atomic E-state index is 0.198. The molecule has 1 aromatic carbocycles. The zero-order valence-electron chi connectivity index (χ0n) is 17.7. The number of anilines is 1. The Morgan fingerprint density at radius 3 is 2.63 bits per heavy atom. The Morgan fingerprint density at radius 2 is 1.83 bits per heavy atom. The van der Waals surface area contributed by atoms with Gasteiger partial charge in [-0.1, -0.05) is 29.3 Å². The van der Waals surface area contributed by atoms with Gasteiger partial charge < -0.3 is 4.90 Å². The lowest BCUT2D eigenvalue weighted by molar-refractivity contribution is 0.253. The van der Waals surface area contributed by atoms with Crippen molar-refractivity contribution in [3.63, 3.8) is 0 Å². The molecule has 3 heterocycles. The lowest BCUT2D eigenvalue weighted by atomic mass is 10.1. The molecule has 2 aromatic rings. The van der Waals surface area contributed by atoms with E-state index < -0.39 is 0 Å². The van der Waals surface area contributed by atoms with E-state index in [0.29, 0.717) is 10.0 Å². The summed E-state index contributed by atoms with van der Waals surface area (Å²) in [7, 11) is 0. The topological polar surface area (TPSA) is 41.4 Å². The van der Waals surface area contributed by atoms with E-state index in [4.69, 9.17) is 28.2 Å². The summed E-state index contributed by atoms with van der Waals surface area (Å²) in [5, 5.41) is 1.26. The summed E-state index contributed by atoms with van der Waals surface area (Å²) in [6.07, 6.45) is 6.11. The summed E-state index contributed by atoms with van der Waals surface area (Å²) in [5.74, 6) is 0.977. The van der Waals surface area contributed by atoms with Gasteiger partial charge in [0.2, 0.25) is 0 Å². The number of halogens is 2. The van der Waals surface area contributed by atoms with Crippen LogP contribution in [0.4, 0.5) is 5.69 Å². The fourth-order valence-electron chi connectivity index (χ4n) is 4.60. The Balaban J connectivity index is 1.25. The zero-order valence-corrected chi connectivity index (χ0v) is 19.2. The summed E-state index contributed by atoms with van der Waals surface area (Å²) >= 11 is 12.5. The first-order valence-corrected chi connectivity index (χ1v) is 11.8. The highest BCUT2D eigenvalue weighted by Gasteiger charge is 2.20. The van der Waals surface area contributed by atoms with Crippen molar-refractivity contribution >= 4 is 28.9 Å². The number of hydrogen-bond acceptors (Lipinski definition) is 4. The highest BCUT2D eigenvalue weighted by molar-refractivity contribution is 6.43. The molecule has 0 bridgehead atoms. The van der Waals surface area contributed by atoms with Gasteiger partial charge in [-0.3, -0.25) is 14.3 Å². The van der Waals surface area contributed by atoms with Crippen LogP contribution in [-0.2, 0) is 19.4 Å². The number of piperazine rings is 1. The first kappa shape index (κ1) is 21.7. The minimum atomic E-state index is 0.198. The van der Waals surface area contributed by atoms with Crippen molar-refractivity contribution in [3.05, 3.63) is 55.7 Å². The molecule has 4 rings (SSSR count). The molecule has 1 aromatic heterocycles. The molecule has 0 radical (unpaired) electrons. The maximum Gasteiger partial charge on any atom is 0.256 e. The zero-order chi connectivity index (χ0) is 21.1. The van der Waals surface area contributed by atoms with E-state index in [1.54, 1.807) is 0 Å². The number of fused-ring (bicyclic) bond motifs is 1. The molecule has 2 aliphatic heterocycles. The molecule has 1 saturated heterocycles. The second kappa shape index (κ2) is 9.71. The molecule has 2 aliphatic rings. The summed E-state index contributed by atoms with van der Waals surface area (Å²) in [4.78, 5) is 22.4. The number of benzene rings is 1.